The van der Waals surface area contributed by atoms with Crippen LogP contribution < -0.4 is 4.72 Å². The average Bonchev–Trinajstić information content (AvgIpc) is 2.49. The third kappa shape index (κ3) is 3.27. The lowest BCUT2D eigenvalue weighted by molar-refractivity contribution is 0.504. The van der Waals surface area contributed by atoms with Gasteiger partial charge in [0.1, 0.15) is 0 Å². The lowest BCUT2D eigenvalue weighted by Crippen LogP contribution is -2.16. The van der Waals surface area contributed by atoms with Gasteiger partial charge in [0.15, 0.2) is 11.6 Å². The molecule has 0 radical (unpaired) electrons. The van der Waals surface area contributed by atoms with Crippen LogP contribution >= 0.6 is 0 Å². The first-order valence-corrected chi connectivity index (χ1v) is 8.46. The van der Waals surface area contributed by atoms with Gasteiger partial charge in [0.2, 0.25) is 0 Å². The van der Waals surface area contributed by atoms with Crippen LogP contribution in [-0.2, 0) is 22.9 Å². The van der Waals surface area contributed by atoms with E-state index in [2.05, 4.69) is 4.72 Å². The van der Waals surface area contributed by atoms with E-state index < -0.39 is 21.7 Å². The molecule has 2 aromatic rings. The van der Waals surface area contributed by atoms with E-state index in [1.54, 1.807) is 0 Å². The summed E-state index contributed by atoms with van der Waals surface area (Å²) >= 11 is 0. The normalized spacial score (nSPS) is 11.5. The van der Waals surface area contributed by atoms with Crippen molar-refractivity contribution in [2.75, 3.05) is 4.72 Å². The van der Waals surface area contributed by atoms with E-state index in [4.69, 9.17) is 0 Å². The van der Waals surface area contributed by atoms with Crippen molar-refractivity contribution >= 4 is 15.7 Å². The first kappa shape index (κ1) is 16.4. The van der Waals surface area contributed by atoms with Crippen molar-refractivity contribution in [3.63, 3.8) is 0 Å². The van der Waals surface area contributed by atoms with Gasteiger partial charge in [-0.05, 0) is 42.2 Å². The van der Waals surface area contributed by atoms with Crippen molar-refractivity contribution in [3.8, 4) is 0 Å². The molecular weight excluding hydrogens is 308 g/mol. The summed E-state index contributed by atoms with van der Waals surface area (Å²) < 4.78 is 53.5. The smallest absolute Gasteiger partial charge is 0.262 e. The molecule has 6 heteroatoms. The maximum Gasteiger partial charge on any atom is 0.262 e. The summed E-state index contributed by atoms with van der Waals surface area (Å²) in [7, 11) is -3.97. The lowest BCUT2D eigenvalue weighted by atomic mass is 10.0. The van der Waals surface area contributed by atoms with Crippen LogP contribution in [0, 0.1) is 11.6 Å². The zero-order chi connectivity index (χ0) is 16.3. The number of benzene rings is 2. The van der Waals surface area contributed by atoms with E-state index in [-0.39, 0.29) is 4.90 Å². The second-order valence-corrected chi connectivity index (χ2v) is 6.52. The molecule has 2 rings (SSSR count). The Morgan fingerprint density at radius 1 is 0.955 bits per heavy atom. The Hall–Kier alpha value is -1.95. The third-order valence-corrected chi connectivity index (χ3v) is 4.78. The molecule has 0 spiro atoms. The quantitative estimate of drug-likeness (QED) is 0.906. The number of halogens is 2. The number of sulfonamides is 1. The molecule has 0 fully saturated rings. The van der Waals surface area contributed by atoms with Crippen LogP contribution in [-0.4, -0.2) is 8.42 Å². The standard InChI is InChI=1S/C16H17F2NO2S/c1-3-11-6-5-7-12(4-2)16(11)19-22(20,21)13-8-9-14(17)15(18)10-13/h5-10,19H,3-4H2,1-2H3. The van der Waals surface area contributed by atoms with Gasteiger partial charge in [-0.2, -0.15) is 0 Å². The summed E-state index contributed by atoms with van der Waals surface area (Å²) in [6.07, 6.45) is 1.31. The van der Waals surface area contributed by atoms with Gasteiger partial charge in [-0.15, -0.1) is 0 Å². The highest BCUT2D eigenvalue weighted by atomic mass is 32.2. The fourth-order valence-corrected chi connectivity index (χ4v) is 3.37. The van der Waals surface area contributed by atoms with E-state index in [1.807, 2.05) is 32.0 Å². The molecule has 0 saturated carbocycles. The number of anilines is 1. The molecule has 118 valence electrons. The summed E-state index contributed by atoms with van der Waals surface area (Å²) in [4.78, 5) is -0.306. The fourth-order valence-electron chi connectivity index (χ4n) is 2.21. The minimum Gasteiger partial charge on any atom is -0.279 e. The highest BCUT2D eigenvalue weighted by molar-refractivity contribution is 7.92. The predicted molar refractivity (Wildman–Crippen MR) is 82.4 cm³/mol. The molecular formula is C16H17F2NO2S. The Morgan fingerprint density at radius 2 is 1.55 bits per heavy atom. The van der Waals surface area contributed by atoms with E-state index in [0.29, 0.717) is 24.6 Å². The van der Waals surface area contributed by atoms with Gasteiger partial charge in [-0.25, -0.2) is 17.2 Å². The van der Waals surface area contributed by atoms with Gasteiger partial charge >= 0.3 is 0 Å². The number of hydrogen-bond acceptors (Lipinski definition) is 2. The first-order valence-electron chi connectivity index (χ1n) is 6.97. The average molecular weight is 325 g/mol. The van der Waals surface area contributed by atoms with Crippen molar-refractivity contribution < 1.29 is 17.2 Å². The zero-order valence-corrected chi connectivity index (χ0v) is 13.2. The van der Waals surface area contributed by atoms with E-state index >= 15 is 0 Å². The number of nitrogens with one attached hydrogen (secondary N) is 1. The number of para-hydroxylation sites is 1. The molecule has 0 saturated heterocycles. The number of aryl methyl sites for hydroxylation is 2. The minimum absolute atomic E-state index is 0.306. The van der Waals surface area contributed by atoms with Gasteiger partial charge in [0.05, 0.1) is 10.6 Å². The van der Waals surface area contributed by atoms with Crippen LogP contribution in [0.1, 0.15) is 25.0 Å². The van der Waals surface area contributed by atoms with Crippen LogP contribution in [0.3, 0.4) is 0 Å². The van der Waals surface area contributed by atoms with Crippen molar-refractivity contribution in [3.05, 3.63) is 59.2 Å². The van der Waals surface area contributed by atoms with Crippen LogP contribution in [0.25, 0.3) is 0 Å². The maximum absolute atomic E-state index is 13.3. The van der Waals surface area contributed by atoms with Crippen molar-refractivity contribution in [1.82, 2.24) is 0 Å². The van der Waals surface area contributed by atoms with Gasteiger partial charge < -0.3 is 0 Å². The molecule has 1 N–H and O–H groups in total. The van der Waals surface area contributed by atoms with Crippen LogP contribution in [0.2, 0.25) is 0 Å². The largest absolute Gasteiger partial charge is 0.279 e. The highest BCUT2D eigenvalue weighted by Crippen LogP contribution is 2.26. The Bertz CT molecular complexity index is 766. The van der Waals surface area contributed by atoms with Crippen LogP contribution in [0.15, 0.2) is 41.3 Å². The molecule has 0 aliphatic carbocycles. The van der Waals surface area contributed by atoms with Gasteiger partial charge in [0.25, 0.3) is 10.0 Å². The Balaban J connectivity index is 2.47. The Morgan fingerprint density at radius 3 is 2.05 bits per heavy atom. The van der Waals surface area contributed by atoms with Gasteiger partial charge in [-0.3, -0.25) is 4.72 Å². The monoisotopic (exact) mass is 325 g/mol. The molecule has 0 aliphatic heterocycles. The predicted octanol–water partition coefficient (Wildman–Crippen LogP) is 3.89. The molecule has 0 heterocycles. The third-order valence-electron chi connectivity index (χ3n) is 3.44. The topological polar surface area (TPSA) is 46.2 Å². The second kappa shape index (κ2) is 6.44. The SMILES string of the molecule is CCc1cccc(CC)c1NS(=O)(=O)c1ccc(F)c(F)c1. The molecule has 2 aromatic carbocycles. The first-order chi connectivity index (χ1) is 10.4. The van der Waals surface area contributed by atoms with Crippen molar-refractivity contribution in [2.45, 2.75) is 31.6 Å². The molecule has 0 aromatic heterocycles. The van der Waals surface area contributed by atoms with E-state index in [0.717, 1.165) is 23.3 Å². The maximum atomic E-state index is 13.3. The lowest BCUT2D eigenvalue weighted by Gasteiger charge is -2.15. The Labute approximate surface area is 129 Å². The van der Waals surface area contributed by atoms with Crippen molar-refractivity contribution in [1.29, 1.82) is 0 Å². The summed E-state index contributed by atoms with van der Waals surface area (Å²) in [6, 6.07) is 8.06. The summed E-state index contributed by atoms with van der Waals surface area (Å²) in [5.74, 6) is -2.27. The van der Waals surface area contributed by atoms with Gasteiger partial charge in [0, 0.05) is 0 Å². The molecule has 22 heavy (non-hydrogen) atoms. The molecule has 0 atom stereocenters. The molecule has 0 amide bonds. The molecule has 0 unspecified atom stereocenters. The number of rotatable bonds is 5. The summed E-state index contributed by atoms with van der Waals surface area (Å²) in [5.41, 5.74) is 2.22. The van der Waals surface area contributed by atoms with Gasteiger partial charge in [-0.1, -0.05) is 32.0 Å². The summed E-state index contributed by atoms with van der Waals surface area (Å²) in [6.45, 7) is 3.84. The van der Waals surface area contributed by atoms with E-state index in [9.17, 15) is 17.2 Å². The highest BCUT2D eigenvalue weighted by Gasteiger charge is 2.19. The van der Waals surface area contributed by atoms with E-state index in [1.165, 1.54) is 0 Å². The zero-order valence-electron chi connectivity index (χ0n) is 12.4. The fraction of sp³-hybridized carbons (Fsp3) is 0.250. The van der Waals surface area contributed by atoms with Crippen LogP contribution in [0.5, 0.6) is 0 Å². The molecule has 0 aliphatic rings. The minimum atomic E-state index is -3.97. The number of hydrogen-bond donors (Lipinski definition) is 1. The van der Waals surface area contributed by atoms with Crippen LogP contribution in [0.4, 0.5) is 14.5 Å². The van der Waals surface area contributed by atoms with Crippen molar-refractivity contribution in [2.24, 2.45) is 0 Å². The second-order valence-electron chi connectivity index (χ2n) is 4.84. The Kier molecular flexibility index (Phi) is 4.81. The molecule has 0 bridgehead atoms. The summed E-state index contributed by atoms with van der Waals surface area (Å²) in [5, 5.41) is 0. The molecule has 3 nitrogen and oxygen atoms in total.